The number of sulfonamides is 1. The molecule has 29 heavy (non-hydrogen) atoms. The van der Waals surface area contributed by atoms with Gasteiger partial charge in [-0.25, -0.2) is 28.1 Å². The van der Waals surface area contributed by atoms with Gasteiger partial charge in [-0.1, -0.05) is 0 Å². The van der Waals surface area contributed by atoms with E-state index in [-0.39, 0.29) is 11.4 Å². The molecule has 10 nitrogen and oxygen atoms in total. The third-order valence-electron chi connectivity index (χ3n) is 4.28. The largest absolute Gasteiger partial charge is 0.394 e. The number of rotatable bonds is 8. The second-order valence-electron chi connectivity index (χ2n) is 6.35. The van der Waals surface area contributed by atoms with Gasteiger partial charge in [0.25, 0.3) is 0 Å². The fourth-order valence-corrected chi connectivity index (χ4v) is 3.57. The summed E-state index contributed by atoms with van der Waals surface area (Å²) in [5.41, 5.74) is 2.17. The van der Waals surface area contributed by atoms with Gasteiger partial charge in [0.05, 0.1) is 35.2 Å². The summed E-state index contributed by atoms with van der Waals surface area (Å²) < 4.78 is 28.6. The van der Waals surface area contributed by atoms with E-state index in [9.17, 15) is 13.5 Å². The normalized spacial score (nSPS) is 12.7. The fraction of sp³-hybridized carbons (Fsp3) is 0.278. The number of hydrogen-bond acceptors (Lipinski definition) is 8. The number of hydrogen-bond donors (Lipinski definition) is 4. The number of aromatic nitrogens is 4. The van der Waals surface area contributed by atoms with E-state index in [1.54, 1.807) is 30.6 Å². The van der Waals surface area contributed by atoms with Crippen LogP contribution >= 0.6 is 0 Å². The van der Waals surface area contributed by atoms with Crippen LogP contribution in [-0.4, -0.2) is 57.4 Å². The zero-order chi connectivity index (χ0) is 21.0. The molecule has 2 heterocycles. The molecule has 1 unspecified atom stereocenters. The van der Waals surface area contributed by atoms with E-state index in [1.807, 2.05) is 18.5 Å². The molecule has 0 aliphatic carbocycles. The van der Waals surface area contributed by atoms with Crippen LogP contribution in [0.1, 0.15) is 5.82 Å². The average Bonchev–Trinajstić information content (AvgIpc) is 3.05. The second-order valence-corrected chi connectivity index (χ2v) is 8.12. The SMILES string of the molecule is Cc1ncc(-c2ccnc(Nc3ccc(S(=O)(=O)NCC(O)CO)cc3)n2)n1C. The van der Waals surface area contributed by atoms with Crippen molar-refractivity contribution in [1.29, 1.82) is 0 Å². The number of aliphatic hydroxyl groups is 2. The van der Waals surface area contributed by atoms with Gasteiger partial charge < -0.3 is 20.1 Å². The van der Waals surface area contributed by atoms with Crippen molar-refractivity contribution in [3.8, 4) is 11.4 Å². The third kappa shape index (κ3) is 4.95. The molecular weight excluding hydrogens is 396 g/mol. The van der Waals surface area contributed by atoms with Gasteiger partial charge in [0.1, 0.15) is 5.82 Å². The Kier molecular flexibility index (Phi) is 6.23. The molecule has 0 radical (unpaired) electrons. The molecule has 0 saturated carbocycles. The van der Waals surface area contributed by atoms with E-state index in [0.29, 0.717) is 17.3 Å². The van der Waals surface area contributed by atoms with Crippen LogP contribution in [0.25, 0.3) is 11.4 Å². The lowest BCUT2D eigenvalue weighted by Crippen LogP contribution is -2.33. The Morgan fingerprint density at radius 1 is 1.17 bits per heavy atom. The summed E-state index contributed by atoms with van der Waals surface area (Å²) in [4.78, 5) is 13.0. The molecule has 0 bridgehead atoms. The second kappa shape index (κ2) is 8.66. The molecule has 0 aliphatic rings. The predicted molar refractivity (Wildman–Crippen MR) is 107 cm³/mol. The number of benzene rings is 1. The third-order valence-corrected chi connectivity index (χ3v) is 5.72. The van der Waals surface area contributed by atoms with Crippen molar-refractivity contribution in [3.05, 3.63) is 48.5 Å². The first-order chi connectivity index (χ1) is 13.8. The fourth-order valence-electron chi connectivity index (χ4n) is 2.50. The van der Waals surface area contributed by atoms with Crippen molar-refractivity contribution in [1.82, 2.24) is 24.2 Å². The summed E-state index contributed by atoms with van der Waals surface area (Å²) in [5.74, 6) is 1.23. The van der Waals surface area contributed by atoms with Crippen molar-refractivity contribution >= 4 is 21.7 Å². The molecule has 154 valence electrons. The molecule has 0 amide bonds. The lowest BCUT2D eigenvalue weighted by atomic mass is 10.3. The number of aliphatic hydroxyl groups excluding tert-OH is 2. The molecule has 0 saturated heterocycles. The van der Waals surface area contributed by atoms with Crippen LogP contribution in [0.2, 0.25) is 0 Å². The topological polar surface area (TPSA) is 142 Å². The first kappa shape index (κ1) is 20.9. The minimum Gasteiger partial charge on any atom is -0.394 e. The molecule has 4 N–H and O–H groups in total. The Hall–Kier alpha value is -2.86. The lowest BCUT2D eigenvalue weighted by Gasteiger charge is -2.11. The summed E-state index contributed by atoms with van der Waals surface area (Å²) in [6.45, 7) is 1.11. The van der Waals surface area contributed by atoms with Crippen LogP contribution in [0.5, 0.6) is 0 Å². The molecule has 1 aromatic carbocycles. The molecule has 3 aromatic rings. The highest BCUT2D eigenvalue weighted by Crippen LogP contribution is 2.21. The van der Waals surface area contributed by atoms with E-state index in [4.69, 9.17) is 5.11 Å². The Labute approximate surface area is 168 Å². The molecule has 0 aliphatic heterocycles. The summed E-state index contributed by atoms with van der Waals surface area (Å²) >= 11 is 0. The van der Waals surface area contributed by atoms with E-state index in [0.717, 1.165) is 11.5 Å². The highest BCUT2D eigenvalue weighted by atomic mass is 32.2. The van der Waals surface area contributed by atoms with E-state index in [2.05, 4.69) is 25.0 Å². The van der Waals surface area contributed by atoms with Crippen molar-refractivity contribution < 1.29 is 18.6 Å². The quantitative estimate of drug-likeness (QED) is 0.416. The van der Waals surface area contributed by atoms with Crippen LogP contribution < -0.4 is 10.0 Å². The highest BCUT2D eigenvalue weighted by Gasteiger charge is 2.15. The molecule has 1 atom stereocenters. The Morgan fingerprint density at radius 3 is 2.52 bits per heavy atom. The zero-order valence-electron chi connectivity index (χ0n) is 15.9. The molecule has 2 aromatic heterocycles. The molecular formula is C18H22N6O4S. The summed E-state index contributed by atoms with van der Waals surface area (Å²) in [6.07, 6.45) is 2.21. The Bertz CT molecular complexity index is 1080. The van der Waals surface area contributed by atoms with E-state index >= 15 is 0 Å². The zero-order valence-corrected chi connectivity index (χ0v) is 16.8. The Morgan fingerprint density at radius 2 is 1.90 bits per heavy atom. The van der Waals surface area contributed by atoms with Gasteiger partial charge in [-0.3, -0.25) is 0 Å². The van der Waals surface area contributed by atoms with Gasteiger partial charge >= 0.3 is 0 Å². The maximum absolute atomic E-state index is 12.2. The molecule has 3 rings (SSSR count). The van der Waals surface area contributed by atoms with E-state index in [1.165, 1.54) is 12.1 Å². The van der Waals surface area contributed by atoms with Crippen LogP contribution in [-0.2, 0) is 17.1 Å². The predicted octanol–water partition coefficient (Wildman–Crippen LogP) is 0.561. The van der Waals surface area contributed by atoms with Crippen molar-refractivity contribution in [2.24, 2.45) is 7.05 Å². The van der Waals surface area contributed by atoms with Gasteiger partial charge in [-0.15, -0.1) is 0 Å². The summed E-state index contributed by atoms with van der Waals surface area (Å²) in [5, 5.41) is 21.1. The minimum absolute atomic E-state index is 0.0354. The smallest absolute Gasteiger partial charge is 0.240 e. The van der Waals surface area contributed by atoms with Crippen LogP contribution in [0, 0.1) is 6.92 Å². The van der Waals surface area contributed by atoms with Gasteiger partial charge in [-0.05, 0) is 37.3 Å². The van der Waals surface area contributed by atoms with Crippen LogP contribution in [0.3, 0.4) is 0 Å². The van der Waals surface area contributed by atoms with Crippen LogP contribution in [0.4, 0.5) is 11.6 Å². The van der Waals surface area contributed by atoms with Gasteiger partial charge in [0.2, 0.25) is 16.0 Å². The van der Waals surface area contributed by atoms with E-state index < -0.39 is 22.7 Å². The van der Waals surface area contributed by atoms with Gasteiger partial charge in [0, 0.05) is 25.5 Å². The van der Waals surface area contributed by atoms with Crippen molar-refractivity contribution in [2.45, 2.75) is 17.9 Å². The highest BCUT2D eigenvalue weighted by molar-refractivity contribution is 7.89. The summed E-state index contributed by atoms with van der Waals surface area (Å²) in [6, 6.07) is 7.79. The molecule has 0 spiro atoms. The monoisotopic (exact) mass is 418 g/mol. The van der Waals surface area contributed by atoms with Crippen molar-refractivity contribution in [2.75, 3.05) is 18.5 Å². The van der Waals surface area contributed by atoms with Gasteiger partial charge in [0.15, 0.2) is 0 Å². The minimum atomic E-state index is -3.79. The van der Waals surface area contributed by atoms with Crippen LogP contribution in [0.15, 0.2) is 47.6 Å². The number of nitrogens with zero attached hydrogens (tertiary/aromatic N) is 4. The maximum Gasteiger partial charge on any atom is 0.240 e. The average molecular weight is 418 g/mol. The first-order valence-electron chi connectivity index (χ1n) is 8.77. The molecule has 0 fully saturated rings. The van der Waals surface area contributed by atoms with Crippen molar-refractivity contribution in [3.63, 3.8) is 0 Å². The lowest BCUT2D eigenvalue weighted by molar-refractivity contribution is 0.0988. The number of aryl methyl sites for hydroxylation is 1. The number of anilines is 2. The standard InChI is InChI=1S/C18H22N6O4S/c1-12-20-10-17(24(12)2)16-7-8-19-18(23-16)22-13-3-5-15(6-4-13)29(27,28)21-9-14(26)11-25/h3-8,10,14,21,25-26H,9,11H2,1-2H3,(H,19,22,23). The number of nitrogens with one attached hydrogen (secondary N) is 2. The number of imidazole rings is 1. The van der Waals surface area contributed by atoms with Gasteiger partial charge in [-0.2, -0.15) is 0 Å². The maximum atomic E-state index is 12.2. The molecule has 11 heteroatoms. The first-order valence-corrected chi connectivity index (χ1v) is 10.3. The summed E-state index contributed by atoms with van der Waals surface area (Å²) in [7, 11) is -1.89. The Balaban J connectivity index is 1.73.